The van der Waals surface area contributed by atoms with Crippen molar-refractivity contribution in [3.8, 4) is 0 Å². The van der Waals surface area contributed by atoms with E-state index in [9.17, 15) is 4.39 Å². The van der Waals surface area contributed by atoms with Crippen molar-refractivity contribution in [2.75, 3.05) is 13.2 Å². The Hall–Kier alpha value is -0.970. The zero-order chi connectivity index (χ0) is 13.1. The Kier molecular flexibility index (Phi) is 3.82. The van der Waals surface area contributed by atoms with Gasteiger partial charge in [-0.1, -0.05) is 12.1 Å². The van der Waals surface area contributed by atoms with Crippen molar-refractivity contribution in [3.05, 3.63) is 35.6 Å². The van der Waals surface area contributed by atoms with E-state index < -0.39 is 0 Å². The van der Waals surface area contributed by atoms with Crippen LogP contribution < -0.4 is 0 Å². The molecule has 3 rings (SSSR count). The van der Waals surface area contributed by atoms with E-state index in [1.54, 1.807) is 6.07 Å². The van der Waals surface area contributed by atoms with Crippen LogP contribution in [0.3, 0.4) is 0 Å². The Morgan fingerprint density at radius 3 is 2.63 bits per heavy atom. The van der Waals surface area contributed by atoms with Crippen LogP contribution in [0.25, 0.3) is 0 Å². The maximum Gasteiger partial charge on any atom is 0.168 e. The fourth-order valence-corrected chi connectivity index (χ4v) is 2.82. The van der Waals surface area contributed by atoms with Crippen LogP contribution in [0.15, 0.2) is 24.3 Å². The van der Waals surface area contributed by atoms with Crippen LogP contribution in [0.2, 0.25) is 0 Å². The molecule has 1 spiro atoms. The highest BCUT2D eigenvalue weighted by molar-refractivity contribution is 5.15. The number of hydrogen-bond acceptors (Lipinski definition) is 3. The van der Waals surface area contributed by atoms with Crippen molar-refractivity contribution in [3.63, 3.8) is 0 Å². The molecule has 1 aliphatic heterocycles. The zero-order valence-electron chi connectivity index (χ0n) is 10.9. The Balaban J connectivity index is 1.47. The number of rotatable bonds is 3. The number of ether oxygens (including phenoxy) is 3. The van der Waals surface area contributed by atoms with Gasteiger partial charge < -0.3 is 14.2 Å². The molecule has 19 heavy (non-hydrogen) atoms. The van der Waals surface area contributed by atoms with E-state index in [0.717, 1.165) is 31.2 Å². The maximum absolute atomic E-state index is 13.0. The van der Waals surface area contributed by atoms with Crippen LogP contribution in [0.1, 0.15) is 31.2 Å². The first-order valence-electron chi connectivity index (χ1n) is 6.90. The first-order chi connectivity index (χ1) is 9.26. The Bertz CT molecular complexity index is 419. The molecule has 0 unspecified atom stereocenters. The normalized spacial score (nSPS) is 23.0. The third-order valence-corrected chi connectivity index (χ3v) is 3.88. The van der Waals surface area contributed by atoms with E-state index >= 15 is 0 Å². The second-order valence-corrected chi connectivity index (χ2v) is 5.25. The van der Waals surface area contributed by atoms with E-state index in [-0.39, 0.29) is 17.7 Å². The minimum Gasteiger partial charge on any atom is -0.374 e. The van der Waals surface area contributed by atoms with Crippen LogP contribution in [0.4, 0.5) is 4.39 Å². The molecule has 4 heteroatoms. The minimum absolute atomic E-state index is 0.212. The second-order valence-electron chi connectivity index (χ2n) is 5.25. The van der Waals surface area contributed by atoms with Crippen molar-refractivity contribution in [2.45, 2.75) is 44.2 Å². The van der Waals surface area contributed by atoms with E-state index in [1.165, 1.54) is 12.1 Å². The SMILES string of the molecule is Fc1cccc(COC2CCC3(CC2)OCCO3)c1. The maximum atomic E-state index is 13.0. The predicted molar refractivity (Wildman–Crippen MR) is 68.1 cm³/mol. The second kappa shape index (κ2) is 5.57. The molecule has 1 aliphatic carbocycles. The van der Waals surface area contributed by atoms with Crippen LogP contribution in [-0.2, 0) is 20.8 Å². The molecule has 0 aromatic heterocycles. The quantitative estimate of drug-likeness (QED) is 0.841. The lowest BCUT2D eigenvalue weighted by Gasteiger charge is -2.35. The minimum atomic E-state index is -0.335. The highest BCUT2D eigenvalue weighted by atomic mass is 19.1. The zero-order valence-corrected chi connectivity index (χ0v) is 10.9. The third-order valence-electron chi connectivity index (χ3n) is 3.88. The van der Waals surface area contributed by atoms with Gasteiger partial charge in [0.15, 0.2) is 5.79 Å². The molecule has 0 amide bonds. The third kappa shape index (κ3) is 3.14. The molecule has 104 valence electrons. The lowest BCUT2D eigenvalue weighted by molar-refractivity contribution is -0.192. The van der Waals surface area contributed by atoms with Gasteiger partial charge in [0.05, 0.1) is 25.9 Å². The molecular formula is C15H19FO3. The summed E-state index contributed by atoms with van der Waals surface area (Å²) >= 11 is 0. The highest BCUT2D eigenvalue weighted by Crippen LogP contribution is 2.36. The van der Waals surface area contributed by atoms with E-state index in [2.05, 4.69) is 0 Å². The van der Waals surface area contributed by atoms with Gasteiger partial charge in [-0.15, -0.1) is 0 Å². The molecule has 2 aliphatic rings. The van der Waals surface area contributed by atoms with Crippen molar-refractivity contribution in [1.82, 2.24) is 0 Å². The predicted octanol–water partition coefficient (Wildman–Crippen LogP) is 3.03. The molecule has 3 nitrogen and oxygen atoms in total. The molecule has 1 aromatic carbocycles. The largest absolute Gasteiger partial charge is 0.374 e. The fourth-order valence-electron chi connectivity index (χ4n) is 2.82. The van der Waals surface area contributed by atoms with E-state index in [0.29, 0.717) is 19.8 Å². The lowest BCUT2D eigenvalue weighted by Crippen LogP contribution is -2.37. The summed E-state index contributed by atoms with van der Waals surface area (Å²) in [5.74, 6) is -0.546. The molecule has 2 fully saturated rings. The molecule has 0 N–H and O–H groups in total. The number of hydrogen-bond donors (Lipinski definition) is 0. The van der Waals surface area contributed by atoms with Crippen LogP contribution in [0, 0.1) is 5.82 Å². The number of halogens is 1. The molecule has 1 aromatic rings. The molecule has 1 saturated carbocycles. The summed E-state index contributed by atoms with van der Waals surface area (Å²) in [7, 11) is 0. The fraction of sp³-hybridized carbons (Fsp3) is 0.600. The summed E-state index contributed by atoms with van der Waals surface area (Å²) in [5.41, 5.74) is 0.883. The molecule has 0 atom stereocenters. The van der Waals surface area contributed by atoms with Gasteiger partial charge in [-0.3, -0.25) is 0 Å². The number of benzene rings is 1. The van der Waals surface area contributed by atoms with Gasteiger partial charge in [0.2, 0.25) is 0 Å². The van der Waals surface area contributed by atoms with Gasteiger partial charge in [0, 0.05) is 12.8 Å². The van der Waals surface area contributed by atoms with Crippen LogP contribution in [0.5, 0.6) is 0 Å². The van der Waals surface area contributed by atoms with Crippen LogP contribution >= 0.6 is 0 Å². The first-order valence-corrected chi connectivity index (χ1v) is 6.90. The van der Waals surface area contributed by atoms with Gasteiger partial charge in [-0.2, -0.15) is 0 Å². The van der Waals surface area contributed by atoms with E-state index in [1.807, 2.05) is 6.07 Å². The summed E-state index contributed by atoms with van der Waals surface area (Å²) in [6.45, 7) is 1.88. The summed E-state index contributed by atoms with van der Waals surface area (Å²) in [5, 5.41) is 0. The van der Waals surface area contributed by atoms with Gasteiger partial charge in [-0.25, -0.2) is 4.39 Å². The lowest BCUT2D eigenvalue weighted by atomic mass is 9.92. The van der Waals surface area contributed by atoms with Crippen molar-refractivity contribution in [2.24, 2.45) is 0 Å². The van der Waals surface area contributed by atoms with Crippen molar-refractivity contribution < 1.29 is 18.6 Å². The molecular weight excluding hydrogens is 247 g/mol. The molecule has 1 saturated heterocycles. The average molecular weight is 266 g/mol. The first kappa shape index (κ1) is 13.0. The topological polar surface area (TPSA) is 27.7 Å². The highest BCUT2D eigenvalue weighted by Gasteiger charge is 2.40. The Morgan fingerprint density at radius 2 is 1.95 bits per heavy atom. The van der Waals surface area contributed by atoms with Crippen molar-refractivity contribution in [1.29, 1.82) is 0 Å². The van der Waals surface area contributed by atoms with Gasteiger partial charge in [0.1, 0.15) is 5.82 Å². The summed E-state index contributed by atoms with van der Waals surface area (Å²) in [4.78, 5) is 0. The smallest absolute Gasteiger partial charge is 0.168 e. The Morgan fingerprint density at radius 1 is 1.21 bits per heavy atom. The average Bonchev–Trinajstić information content (AvgIpc) is 2.87. The summed E-state index contributed by atoms with van der Waals surface area (Å²) in [6, 6.07) is 6.57. The van der Waals surface area contributed by atoms with Crippen molar-refractivity contribution >= 4 is 0 Å². The molecule has 0 radical (unpaired) electrons. The summed E-state index contributed by atoms with van der Waals surface area (Å²) in [6.07, 6.45) is 3.88. The molecule has 0 bridgehead atoms. The summed E-state index contributed by atoms with van der Waals surface area (Å²) < 4.78 is 30.3. The van der Waals surface area contributed by atoms with Crippen LogP contribution in [-0.4, -0.2) is 25.1 Å². The van der Waals surface area contributed by atoms with Gasteiger partial charge >= 0.3 is 0 Å². The van der Waals surface area contributed by atoms with Gasteiger partial charge in [0.25, 0.3) is 0 Å². The molecule has 1 heterocycles. The van der Waals surface area contributed by atoms with E-state index in [4.69, 9.17) is 14.2 Å². The standard InChI is InChI=1S/C15H19FO3/c16-13-3-1-2-12(10-13)11-17-14-4-6-15(7-5-14)18-8-9-19-15/h1-3,10,14H,4-9,11H2. The monoisotopic (exact) mass is 266 g/mol. The van der Waals surface area contributed by atoms with Gasteiger partial charge in [-0.05, 0) is 30.5 Å². The Labute approximate surface area is 112 Å².